The highest BCUT2D eigenvalue weighted by atomic mass is 35.5. The molecule has 0 aromatic heterocycles. The fraction of sp³-hybridized carbons (Fsp3) is 0.364. The second-order valence-electron chi connectivity index (χ2n) is 6.55. The van der Waals surface area contributed by atoms with Crippen LogP contribution in [-0.2, 0) is 22.4 Å². The van der Waals surface area contributed by atoms with Crippen molar-refractivity contribution in [1.29, 1.82) is 0 Å². The maximum Gasteiger partial charge on any atom is 0.242 e. The third-order valence-electron chi connectivity index (χ3n) is 4.58. The van der Waals surface area contributed by atoms with Gasteiger partial charge < -0.3 is 10.2 Å². The van der Waals surface area contributed by atoms with Gasteiger partial charge in [-0.1, -0.05) is 66.5 Å². The number of benzene rings is 2. The molecular weight excluding hydrogens is 395 g/mol. The summed E-state index contributed by atoms with van der Waals surface area (Å²) in [6.45, 7) is 4.77. The normalized spacial score (nSPS) is 11.7. The van der Waals surface area contributed by atoms with E-state index in [0.717, 1.165) is 5.56 Å². The molecule has 0 aliphatic rings. The molecule has 0 saturated heterocycles. The Morgan fingerprint density at radius 3 is 2.39 bits per heavy atom. The summed E-state index contributed by atoms with van der Waals surface area (Å²) in [5.41, 5.74) is 1.82. The molecule has 1 unspecified atom stereocenters. The average molecular weight is 421 g/mol. The van der Waals surface area contributed by atoms with Gasteiger partial charge in [-0.05, 0) is 43.0 Å². The molecule has 150 valence electrons. The van der Waals surface area contributed by atoms with E-state index in [2.05, 4.69) is 5.32 Å². The van der Waals surface area contributed by atoms with Crippen molar-refractivity contribution in [1.82, 2.24) is 10.2 Å². The van der Waals surface area contributed by atoms with Gasteiger partial charge in [0, 0.05) is 23.1 Å². The summed E-state index contributed by atoms with van der Waals surface area (Å²) < 4.78 is 0. The molecule has 2 aromatic rings. The van der Waals surface area contributed by atoms with Gasteiger partial charge in [-0.3, -0.25) is 9.59 Å². The predicted octanol–water partition coefficient (Wildman–Crippen LogP) is 4.52. The molecule has 1 N–H and O–H groups in total. The molecule has 0 aliphatic carbocycles. The number of hydrogen-bond acceptors (Lipinski definition) is 2. The quantitative estimate of drug-likeness (QED) is 0.647. The zero-order valence-electron chi connectivity index (χ0n) is 16.3. The summed E-state index contributed by atoms with van der Waals surface area (Å²) in [7, 11) is 0. The van der Waals surface area contributed by atoms with Gasteiger partial charge >= 0.3 is 0 Å². The molecule has 0 aliphatic heterocycles. The molecule has 6 heteroatoms. The van der Waals surface area contributed by atoms with Crippen LogP contribution in [0.4, 0.5) is 0 Å². The van der Waals surface area contributed by atoms with Crippen LogP contribution in [0.25, 0.3) is 0 Å². The van der Waals surface area contributed by atoms with E-state index in [0.29, 0.717) is 41.5 Å². The van der Waals surface area contributed by atoms with Crippen molar-refractivity contribution in [3.63, 3.8) is 0 Å². The van der Waals surface area contributed by atoms with Crippen LogP contribution < -0.4 is 5.32 Å². The maximum absolute atomic E-state index is 13.1. The minimum atomic E-state index is -0.512. The van der Waals surface area contributed by atoms with Crippen LogP contribution in [0.2, 0.25) is 10.0 Å². The number of carbonyl (C=O) groups excluding carboxylic acids is 2. The van der Waals surface area contributed by atoms with E-state index in [4.69, 9.17) is 23.2 Å². The average Bonchev–Trinajstić information content (AvgIpc) is 2.68. The number of amides is 2. The Kier molecular flexibility index (Phi) is 8.81. The van der Waals surface area contributed by atoms with E-state index in [1.54, 1.807) is 23.1 Å². The van der Waals surface area contributed by atoms with Crippen LogP contribution in [-0.4, -0.2) is 35.8 Å². The molecule has 0 saturated carbocycles. The lowest BCUT2D eigenvalue weighted by Crippen LogP contribution is -2.50. The third kappa shape index (κ3) is 6.25. The van der Waals surface area contributed by atoms with Gasteiger partial charge in [-0.15, -0.1) is 0 Å². The van der Waals surface area contributed by atoms with E-state index in [1.165, 1.54) is 0 Å². The number of nitrogens with one attached hydrogen (secondary N) is 1. The van der Waals surface area contributed by atoms with Crippen molar-refractivity contribution in [3.8, 4) is 0 Å². The van der Waals surface area contributed by atoms with E-state index < -0.39 is 6.04 Å². The molecule has 4 nitrogen and oxygen atoms in total. The molecule has 0 radical (unpaired) electrons. The van der Waals surface area contributed by atoms with Gasteiger partial charge in [0.2, 0.25) is 11.8 Å². The first-order valence-electron chi connectivity index (χ1n) is 9.51. The smallest absolute Gasteiger partial charge is 0.242 e. The number of nitrogens with zero attached hydrogens (tertiary/aromatic N) is 1. The second-order valence-corrected chi connectivity index (χ2v) is 7.40. The third-order valence-corrected chi connectivity index (χ3v) is 5.16. The fourth-order valence-corrected chi connectivity index (χ4v) is 3.59. The topological polar surface area (TPSA) is 49.4 Å². The van der Waals surface area contributed by atoms with Gasteiger partial charge in [0.1, 0.15) is 6.04 Å². The Hall–Kier alpha value is -2.04. The zero-order chi connectivity index (χ0) is 20.5. The lowest BCUT2D eigenvalue weighted by atomic mass is 10.1. The number of carbonyl (C=O) groups is 2. The number of halogens is 2. The lowest BCUT2D eigenvalue weighted by molar-refractivity contribution is -0.140. The SMILES string of the molecule is CCNC(=O)C(CC)N(CCc1ccccc1)C(=O)Cc1ccc(Cl)cc1Cl. The molecule has 2 aromatic carbocycles. The first kappa shape index (κ1) is 22.3. The first-order valence-corrected chi connectivity index (χ1v) is 10.3. The Bertz CT molecular complexity index is 796. The van der Waals surface area contributed by atoms with Crippen molar-refractivity contribution in [2.24, 2.45) is 0 Å². The van der Waals surface area contributed by atoms with Gasteiger partial charge in [0.05, 0.1) is 6.42 Å². The molecule has 2 amide bonds. The van der Waals surface area contributed by atoms with Crippen molar-refractivity contribution in [2.75, 3.05) is 13.1 Å². The molecule has 2 rings (SSSR count). The van der Waals surface area contributed by atoms with Crippen LogP contribution >= 0.6 is 23.2 Å². The highest BCUT2D eigenvalue weighted by Gasteiger charge is 2.28. The van der Waals surface area contributed by atoms with Gasteiger partial charge in [0.25, 0.3) is 0 Å². The van der Waals surface area contributed by atoms with E-state index in [-0.39, 0.29) is 18.2 Å². The molecule has 0 bridgehead atoms. The van der Waals surface area contributed by atoms with Crippen LogP contribution in [0.1, 0.15) is 31.4 Å². The molecule has 28 heavy (non-hydrogen) atoms. The molecule has 0 spiro atoms. The Morgan fingerprint density at radius 2 is 1.79 bits per heavy atom. The van der Waals surface area contributed by atoms with Crippen LogP contribution in [0, 0.1) is 0 Å². The Morgan fingerprint density at radius 1 is 1.07 bits per heavy atom. The molecular formula is C22H26Cl2N2O2. The number of hydrogen-bond donors (Lipinski definition) is 1. The van der Waals surface area contributed by atoms with Crippen molar-refractivity contribution in [2.45, 2.75) is 39.2 Å². The van der Waals surface area contributed by atoms with E-state index in [1.807, 2.05) is 44.2 Å². The summed E-state index contributed by atoms with van der Waals surface area (Å²) in [6.07, 6.45) is 1.35. The maximum atomic E-state index is 13.1. The lowest BCUT2D eigenvalue weighted by Gasteiger charge is -2.30. The van der Waals surface area contributed by atoms with Crippen molar-refractivity contribution >= 4 is 35.0 Å². The minimum Gasteiger partial charge on any atom is -0.355 e. The predicted molar refractivity (Wildman–Crippen MR) is 115 cm³/mol. The van der Waals surface area contributed by atoms with Crippen molar-refractivity contribution in [3.05, 3.63) is 69.7 Å². The van der Waals surface area contributed by atoms with Gasteiger partial charge in [-0.25, -0.2) is 0 Å². The van der Waals surface area contributed by atoms with Gasteiger partial charge in [0.15, 0.2) is 0 Å². The monoisotopic (exact) mass is 420 g/mol. The van der Waals surface area contributed by atoms with Crippen LogP contribution in [0.3, 0.4) is 0 Å². The Balaban J connectivity index is 2.21. The van der Waals surface area contributed by atoms with Crippen LogP contribution in [0.5, 0.6) is 0 Å². The summed E-state index contributed by atoms with van der Waals surface area (Å²) in [4.78, 5) is 27.4. The largest absolute Gasteiger partial charge is 0.355 e. The van der Waals surface area contributed by atoms with Gasteiger partial charge in [-0.2, -0.15) is 0 Å². The summed E-state index contributed by atoms with van der Waals surface area (Å²) in [5, 5.41) is 3.81. The molecule has 1 atom stereocenters. The van der Waals surface area contributed by atoms with E-state index >= 15 is 0 Å². The summed E-state index contributed by atoms with van der Waals surface area (Å²) >= 11 is 12.2. The van der Waals surface area contributed by atoms with Crippen LogP contribution in [0.15, 0.2) is 48.5 Å². The van der Waals surface area contributed by atoms with Crippen molar-refractivity contribution < 1.29 is 9.59 Å². The molecule has 0 fully saturated rings. The minimum absolute atomic E-state index is 0.126. The number of rotatable bonds is 9. The Labute approximate surface area is 176 Å². The standard InChI is InChI=1S/C22H26Cl2N2O2/c1-3-20(22(28)25-4-2)26(13-12-16-8-6-5-7-9-16)21(27)14-17-10-11-18(23)15-19(17)24/h5-11,15,20H,3-4,12-14H2,1-2H3,(H,25,28). The first-order chi connectivity index (χ1) is 13.5. The summed E-state index contributed by atoms with van der Waals surface area (Å²) in [5.74, 6) is -0.258. The summed E-state index contributed by atoms with van der Waals surface area (Å²) in [6, 6.07) is 14.5. The number of likely N-dealkylation sites (N-methyl/N-ethyl adjacent to an activating group) is 1. The molecule has 0 heterocycles. The highest BCUT2D eigenvalue weighted by molar-refractivity contribution is 6.35. The highest BCUT2D eigenvalue weighted by Crippen LogP contribution is 2.22. The second kappa shape index (κ2) is 11.1. The zero-order valence-corrected chi connectivity index (χ0v) is 17.8. The van der Waals surface area contributed by atoms with E-state index in [9.17, 15) is 9.59 Å². The fourth-order valence-electron chi connectivity index (χ4n) is 3.12.